The van der Waals surface area contributed by atoms with Crippen LogP contribution in [-0.4, -0.2) is 7.28 Å². The fourth-order valence-corrected chi connectivity index (χ4v) is 10.7. The highest BCUT2D eigenvalue weighted by Crippen LogP contribution is 2.56. The van der Waals surface area contributed by atoms with Gasteiger partial charge in [-0.05, 0) is 99.4 Å². The van der Waals surface area contributed by atoms with E-state index in [1.807, 2.05) is 11.3 Å². The number of fused-ring (bicyclic) bond motifs is 9. The van der Waals surface area contributed by atoms with Crippen LogP contribution in [0.1, 0.15) is 76.6 Å². The van der Waals surface area contributed by atoms with E-state index in [1.165, 1.54) is 100 Å². The highest BCUT2D eigenvalue weighted by atomic mass is 32.1. The van der Waals surface area contributed by atoms with Crippen molar-refractivity contribution in [2.24, 2.45) is 0 Å². The first-order chi connectivity index (χ1) is 24.5. The van der Waals surface area contributed by atoms with E-state index in [9.17, 15) is 0 Å². The Kier molecular flexibility index (Phi) is 6.45. The molecule has 51 heavy (non-hydrogen) atoms. The van der Waals surface area contributed by atoms with Gasteiger partial charge in [-0.2, -0.15) is 0 Å². The minimum Gasteiger partial charge on any atom is -0.355 e. The summed E-state index contributed by atoms with van der Waals surface area (Å²) in [7, 11) is 0.888. The summed E-state index contributed by atoms with van der Waals surface area (Å²) in [6.45, 7) is 14.6. The number of thiophene rings is 1. The van der Waals surface area contributed by atoms with E-state index in [0.29, 0.717) is 0 Å². The van der Waals surface area contributed by atoms with Gasteiger partial charge in [-0.1, -0.05) is 120 Å². The van der Waals surface area contributed by atoms with E-state index in [4.69, 9.17) is 0 Å². The number of hydrogen-bond donors (Lipinski definition) is 1. The molecule has 2 aliphatic heterocycles. The Bertz CT molecular complexity index is 2570. The molecule has 1 aromatic heterocycles. The van der Waals surface area contributed by atoms with E-state index in [2.05, 4.69) is 167 Å². The fourth-order valence-electron chi connectivity index (χ4n) is 9.58. The van der Waals surface area contributed by atoms with Crippen LogP contribution in [0.2, 0.25) is 0 Å². The Morgan fingerprint density at radius 2 is 1.29 bits per heavy atom. The SMILES string of the molecule is CC1(C)CCC(C)(C)c2cc(-c3cc4sc5ccccc5c4c4c3Bc3cccc5c3N4c3ccccc3C5(C)C)c(Nc3ccccc3)cc21. The standard InChI is InChI=1S/C47H43BN2S/c1-45(2)23-24-46(3,4)35-27-37(49-28-15-8-7-9-16-28)30(25-34(35)45)31-26-40-41(29-17-10-13-22-39(29)51-40)44-42(31)48-36-20-14-19-33-43(36)50(44)38-21-12-11-18-32(38)47(33,5)6/h7-22,25-27,48-49H,23-24H2,1-6H3. The number of para-hydroxylation sites is 3. The maximum absolute atomic E-state index is 3.95. The molecule has 0 amide bonds. The molecular formula is C47H43BN2S. The second kappa shape index (κ2) is 10.6. The number of nitrogens with one attached hydrogen (secondary N) is 1. The molecular weight excluding hydrogens is 635 g/mol. The van der Waals surface area contributed by atoms with E-state index in [0.717, 1.165) is 13.0 Å². The van der Waals surface area contributed by atoms with E-state index < -0.39 is 0 Å². The average Bonchev–Trinajstić information content (AvgIpc) is 3.50. The van der Waals surface area contributed by atoms with Gasteiger partial charge >= 0.3 is 0 Å². The van der Waals surface area contributed by atoms with Gasteiger partial charge in [-0.3, -0.25) is 0 Å². The molecule has 1 aliphatic carbocycles. The van der Waals surface area contributed by atoms with Crippen molar-refractivity contribution >= 4 is 78.2 Å². The van der Waals surface area contributed by atoms with Gasteiger partial charge in [-0.25, -0.2) is 0 Å². The molecule has 3 heterocycles. The zero-order valence-electron chi connectivity index (χ0n) is 30.4. The van der Waals surface area contributed by atoms with Crippen LogP contribution in [0.5, 0.6) is 0 Å². The third-order valence-electron chi connectivity index (χ3n) is 12.5. The minimum absolute atomic E-state index is 0.0888. The second-order valence-electron chi connectivity index (χ2n) is 16.9. The molecule has 0 saturated heterocycles. The highest BCUT2D eigenvalue weighted by molar-refractivity contribution is 7.26. The number of benzene rings is 6. The lowest BCUT2D eigenvalue weighted by molar-refractivity contribution is 0.332. The highest BCUT2D eigenvalue weighted by Gasteiger charge is 2.43. The summed E-state index contributed by atoms with van der Waals surface area (Å²) in [5, 5.41) is 6.67. The average molecular weight is 679 g/mol. The molecule has 1 N–H and O–H groups in total. The molecule has 4 heteroatoms. The van der Waals surface area contributed by atoms with Gasteiger partial charge in [0, 0.05) is 48.2 Å². The van der Waals surface area contributed by atoms with Crippen LogP contribution < -0.4 is 21.1 Å². The molecule has 0 spiro atoms. The van der Waals surface area contributed by atoms with Gasteiger partial charge in [0.05, 0.1) is 11.4 Å². The molecule has 7 aromatic rings. The minimum atomic E-state index is -0.104. The van der Waals surface area contributed by atoms with E-state index in [-0.39, 0.29) is 16.2 Å². The summed E-state index contributed by atoms with van der Waals surface area (Å²) in [4.78, 5) is 2.66. The van der Waals surface area contributed by atoms with Crippen molar-refractivity contribution in [2.75, 3.05) is 10.2 Å². The van der Waals surface area contributed by atoms with Crippen LogP contribution >= 0.6 is 11.3 Å². The summed E-state index contributed by atoms with van der Waals surface area (Å²) >= 11 is 1.93. The summed E-state index contributed by atoms with van der Waals surface area (Å²) < 4.78 is 2.68. The van der Waals surface area contributed by atoms with Crippen LogP contribution in [-0.2, 0) is 16.2 Å². The summed E-state index contributed by atoms with van der Waals surface area (Å²) in [5.41, 5.74) is 17.6. The molecule has 6 aromatic carbocycles. The fraction of sp³-hybridized carbons (Fsp3) is 0.234. The van der Waals surface area contributed by atoms with Crippen molar-refractivity contribution in [3.8, 4) is 11.1 Å². The Balaban J connectivity index is 1.34. The first kappa shape index (κ1) is 31.0. The van der Waals surface area contributed by atoms with Gasteiger partial charge in [0.1, 0.15) is 0 Å². The van der Waals surface area contributed by atoms with Crippen LogP contribution in [0.25, 0.3) is 31.3 Å². The maximum atomic E-state index is 3.95. The smallest absolute Gasteiger partial charge is 0.198 e. The van der Waals surface area contributed by atoms with Crippen LogP contribution in [0.3, 0.4) is 0 Å². The largest absolute Gasteiger partial charge is 0.355 e. The van der Waals surface area contributed by atoms with Crippen molar-refractivity contribution in [2.45, 2.75) is 70.6 Å². The first-order valence-corrected chi connectivity index (χ1v) is 19.4. The Morgan fingerprint density at radius 3 is 2.10 bits per heavy atom. The molecule has 0 saturated carbocycles. The lowest BCUT2D eigenvalue weighted by Crippen LogP contribution is -2.45. The van der Waals surface area contributed by atoms with Crippen molar-refractivity contribution in [1.82, 2.24) is 0 Å². The zero-order chi connectivity index (χ0) is 34.9. The van der Waals surface area contributed by atoms with E-state index >= 15 is 0 Å². The normalized spacial score (nSPS) is 17.3. The van der Waals surface area contributed by atoms with Crippen LogP contribution in [0.4, 0.5) is 28.4 Å². The predicted octanol–water partition coefficient (Wildman–Crippen LogP) is 11.6. The molecule has 0 bridgehead atoms. The molecule has 0 radical (unpaired) electrons. The van der Waals surface area contributed by atoms with E-state index in [1.54, 1.807) is 0 Å². The second-order valence-corrected chi connectivity index (χ2v) is 18.0. The van der Waals surface area contributed by atoms with Crippen LogP contribution in [0, 0.1) is 0 Å². The Hall–Kier alpha value is -4.80. The molecule has 250 valence electrons. The van der Waals surface area contributed by atoms with Crippen molar-refractivity contribution in [3.05, 3.63) is 138 Å². The zero-order valence-corrected chi connectivity index (χ0v) is 31.3. The van der Waals surface area contributed by atoms with Crippen molar-refractivity contribution in [1.29, 1.82) is 0 Å². The van der Waals surface area contributed by atoms with Gasteiger partial charge in [0.2, 0.25) is 0 Å². The molecule has 3 aliphatic rings. The molecule has 0 fully saturated rings. The molecule has 0 atom stereocenters. The summed E-state index contributed by atoms with van der Waals surface area (Å²) in [5.74, 6) is 0. The first-order valence-electron chi connectivity index (χ1n) is 18.5. The van der Waals surface area contributed by atoms with Crippen molar-refractivity contribution < 1.29 is 0 Å². The monoisotopic (exact) mass is 678 g/mol. The lowest BCUT2D eigenvalue weighted by Gasteiger charge is -2.46. The number of rotatable bonds is 3. The third-order valence-corrected chi connectivity index (χ3v) is 13.6. The van der Waals surface area contributed by atoms with Crippen molar-refractivity contribution in [3.63, 3.8) is 0 Å². The molecule has 0 unspecified atom stereocenters. The topological polar surface area (TPSA) is 15.3 Å². The van der Waals surface area contributed by atoms with Gasteiger partial charge in [-0.15, -0.1) is 11.3 Å². The maximum Gasteiger partial charge on any atom is 0.198 e. The van der Waals surface area contributed by atoms with Crippen LogP contribution in [0.15, 0.2) is 115 Å². The summed E-state index contributed by atoms with van der Waals surface area (Å²) in [6, 6.07) is 43.5. The summed E-state index contributed by atoms with van der Waals surface area (Å²) in [6.07, 6.45) is 2.37. The van der Waals surface area contributed by atoms with Gasteiger partial charge in [0.15, 0.2) is 7.28 Å². The lowest BCUT2D eigenvalue weighted by atomic mass is 9.55. The predicted molar refractivity (Wildman–Crippen MR) is 223 cm³/mol. The number of anilines is 5. The van der Waals surface area contributed by atoms with Gasteiger partial charge < -0.3 is 10.2 Å². The van der Waals surface area contributed by atoms with Gasteiger partial charge in [0.25, 0.3) is 0 Å². The quantitative estimate of drug-likeness (QED) is 0.187. The third kappa shape index (κ3) is 4.42. The molecule has 10 rings (SSSR count). The number of nitrogens with zero attached hydrogens (tertiary/aromatic N) is 1. The number of hydrogen-bond acceptors (Lipinski definition) is 3. The Labute approximate surface area is 306 Å². The Morgan fingerprint density at radius 1 is 0.608 bits per heavy atom. The molecule has 2 nitrogen and oxygen atoms in total.